The van der Waals surface area contributed by atoms with Gasteiger partial charge in [-0.3, -0.25) is 4.79 Å². The molecule has 1 heterocycles. The lowest BCUT2D eigenvalue weighted by Crippen LogP contribution is -2.30. The predicted octanol–water partition coefficient (Wildman–Crippen LogP) is 7.22. The first-order chi connectivity index (χ1) is 12.9. The molecule has 0 saturated carbocycles. The third kappa shape index (κ3) is 11.2. The fourth-order valence-corrected chi connectivity index (χ4v) is 3.85. The Labute approximate surface area is 169 Å². The Morgan fingerprint density at radius 3 is 1.67 bits per heavy atom. The number of carbonyl (C=O) groups is 1. The molecule has 0 N–H and O–H groups in total. The summed E-state index contributed by atoms with van der Waals surface area (Å²) in [4.78, 5) is 11.9. The Bertz CT molecular complexity index is 378. The summed E-state index contributed by atoms with van der Waals surface area (Å²) in [5, 5.41) is 0. The van der Waals surface area contributed by atoms with Gasteiger partial charge in [-0.25, -0.2) is 0 Å². The maximum atomic E-state index is 11.9. The largest absolute Gasteiger partial charge is 0.348 e. The zero-order chi connectivity index (χ0) is 20.0. The van der Waals surface area contributed by atoms with Gasteiger partial charge in [-0.1, -0.05) is 85.5 Å². The fourth-order valence-electron chi connectivity index (χ4n) is 3.85. The SMILES string of the molecule is CCCCCCC1(CCCCCCCCCCC(=O)C(C)(C)C)OCCO1. The number of ketones is 1. The molecule has 3 nitrogen and oxygen atoms in total. The van der Waals surface area contributed by atoms with Gasteiger partial charge in [-0.15, -0.1) is 0 Å². The van der Waals surface area contributed by atoms with Gasteiger partial charge in [0, 0.05) is 24.7 Å². The molecule has 0 aromatic rings. The molecule has 160 valence electrons. The maximum Gasteiger partial charge on any atom is 0.168 e. The molecule has 0 aromatic heterocycles. The van der Waals surface area contributed by atoms with Crippen LogP contribution in [0.1, 0.15) is 124 Å². The van der Waals surface area contributed by atoms with E-state index in [0.717, 1.165) is 38.9 Å². The van der Waals surface area contributed by atoms with Crippen LogP contribution in [-0.4, -0.2) is 24.8 Å². The normalized spacial score (nSPS) is 16.7. The van der Waals surface area contributed by atoms with Crippen LogP contribution in [0.15, 0.2) is 0 Å². The molecule has 0 atom stereocenters. The van der Waals surface area contributed by atoms with E-state index in [2.05, 4.69) is 6.92 Å². The minimum absolute atomic E-state index is 0.167. The first-order valence-electron chi connectivity index (χ1n) is 11.7. The van der Waals surface area contributed by atoms with E-state index in [1.165, 1.54) is 70.6 Å². The van der Waals surface area contributed by atoms with Crippen LogP contribution in [0.25, 0.3) is 0 Å². The molecule has 0 aromatic carbocycles. The minimum atomic E-state index is -0.257. The van der Waals surface area contributed by atoms with Crippen LogP contribution in [0, 0.1) is 5.41 Å². The average molecular weight is 383 g/mol. The molecule has 0 aliphatic carbocycles. The fraction of sp³-hybridized carbons (Fsp3) is 0.958. The third-order valence-corrected chi connectivity index (χ3v) is 5.77. The highest BCUT2D eigenvalue weighted by molar-refractivity contribution is 5.83. The lowest BCUT2D eigenvalue weighted by Gasteiger charge is -2.27. The molecule has 1 aliphatic rings. The van der Waals surface area contributed by atoms with Crippen molar-refractivity contribution in [2.45, 2.75) is 130 Å². The summed E-state index contributed by atoms with van der Waals surface area (Å²) in [5.41, 5.74) is -0.167. The standard InChI is InChI=1S/C24H46O3/c1-5-6-7-15-18-24(26-20-21-27-24)19-16-13-11-9-8-10-12-14-17-22(25)23(2,3)4/h5-21H2,1-4H3. The zero-order valence-corrected chi connectivity index (χ0v) is 18.7. The molecule has 0 radical (unpaired) electrons. The van der Waals surface area contributed by atoms with Gasteiger partial charge in [0.2, 0.25) is 0 Å². The maximum absolute atomic E-state index is 11.9. The van der Waals surface area contributed by atoms with Crippen molar-refractivity contribution in [1.29, 1.82) is 0 Å². The lowest BCUT2D eigenvalue weighted by molar-refractivity contribution is -0.168. The number of hydrogen-bond acceptors (Lipinski definition) is 3. The van der Waals surface area contributed by atoms with Crippen molar-refractivity contribution >= 4 is 5.78 Å². The molecular formula is C24H46O3. The summed E-state index contributed by atoms with van der Waals surface area (Å²) in [6.45, 7) is 9.85. The second-order valence-corrected chi connectivity index (χ2v) is 9.42. The van der Waals surface area contributed by atoms with E-state index < -0.39 is 0 Å². The summed E-state index contributed by atoms with van der Waals surface area (Å²) in [7, 11) is 0. The van der Waals surface area contributed by atoms with Crippen molar-refractivity contribution < 1.29 is 14.3 Å². The highest BCUT2D eigenvalue weighted by atomic mass is 16.7. The van der Waals surface area contributed by atoms with Crippen LogP contribution in [0.4, 0.5) is 0 Å². The summed E-state index contributed by atoms with van der Waals surface area (Å²) in [6.07, 6.45) is 18.0. The predicted molar refractivity (Wildman–Crippen MR) is 114 cm³/mol. The van der Waals surface area contributed by atoms with Crippen molar-refractivity contribution in [1.82, 2.24) is 0 Å². The van der Waals surface area contributed by atoms with E-state index in [1.54, 1.807) is 0 Å². The van der Waals surface area contributed by atoms with E-state index in [9.17, 15) is 4.79 Å². The van der Waals surface area contributed by atoms with Gasteiger partial charge >= 0.3 is 0 Å². The third-order valence-electron chi connectivity index (χ3n) is 5.77. The first-order valence-corrected chi connectivity index (χ1v) is 11.7. The summed E-state index contributed by atoms with van der Waals surface area (Å²) < 4.78 is 12.0. The second kappa shape index (κ2) is 13.7. The first kappa shape index (κ1) is 24.6. The second-order valence-electron chi connectivity index (χ2n) is 9.42. The number of ether oxygens (including phenoxy) is 2. The lowest BCUT2D eigenvalue weighted by atomic mass is 9.88. The van der Waals surface area contributed by atoms with Crippen molar-refractivity contribution in [2.24, 2.45) is 5.41 Å². The molecular weight excluding hydrogens is 336 g/mol. The van der Waals surface area contributed by atoms with Gasteiger partial charge in [0.05, 0.1) is 13.2 Å². The Morgan fingerprint density at radius 2 is 1.19 bits per heavy atom. The zero-order valence-electron chi connectivity index (χ0n) is 18.7. The molecule has 0 unspecified atom stereocenters. The number of hydrogen-bond donors (Lipinski definition) is 0. The molecule has 0 amide bonds. The summed E-state index contributed by atoms with van der Waals surface area (Å²) in [6, 6.07) is 0. The average Bonchev–Trinajstić information content (AvgIpc) is 3.08. The summed E-state index contributed by atoms with van der Waals surface area (Å²) >= 11 is 0. The molecule has 1 aliphatic heterocycles. The topological polar surface area (TPSA) is 35.5 Å². The Hall–Kier alpha value is -0.410. The Balaban J connectivity index is 1.98. The highest BCUT2D eigenvalue weighted by Crippen LogP contribution is 2.32. The van der Waals surface area contributed by atoms with Crippen LogP contribution in [-0.2, 0) is 14.3 Å². The molecule has 0 bridgehead atoms. The molecule has 1 fully saturated rings. The van der Waals surface area contributed by atoms with Crippen LogP contribution in [0.5, 0.6) is 0 Å². The number of rotatable bonds is 16. The smallest absolute Gasteiger partial charge is 0.168 e. The van der Waals surface area contributed by atoms with Crippen molar-refractivity contribution in [2.75, 3.05) is 13.2 Å². The molecule has 27 heavy (non-hydrogen) atoms. The quantitative estimate of drug-likeness (QED) is 0.264. The van der Waals surface area contributed by atoms with E-state index >= 15 is 0 Å². The van der Waals surface area contributed by atoms with Crippen LogP contribution < -0.4 is 0 Å². The number of unbranched alkanes of at least 4 members (excludes halogenated alkanes) is 10. The molecule has 3 heteroatoms. The minimum Gasteiger partial charge on any atom is -0.348 e. The molecule has 1 rings (SSSR count). The Morgan fingerprint density at radius 1 is 0.741 bits per heavy atom. The van der Waals surface area contributed by atoms with Crippen LogP contribution in [0.3, 0.4) is 0 Å². The van der Waals surface area contributed by atoms with Gasteiger partial charge in [0.25, 0.3) is 0 Å². The van der Waals surface area contributed by atoms with Crippen molar-refractivity contribution in [3.63, 3.8) is 0 Å². The Kier molecular flexibility index (Phi) is 12.5. The van der Waals surface area contributed by atoms with Gasteiger partial charge in [-0.05, 0) is 19.3 Å². The van der Waals surface area contributed by atoms with Gasteiger partial charge in [0.1, 0.15) is 5.78 Å². The van der Waals surface area contributed by atoms with E-state index in [-0.39, 0.29) is 11.2 Å². The van der Waals surface area contributed by atoms with E-state index in [1.807, 2.05) is 20.8 Å². The van der Waals surface area contributed by atoms with E-state index in [4.69, 9.17) is 9.47 Å². The van der Waals surface area contributed by atoms with E-state index in [0.29, 0.717) is 5.78 Å². The van der Waals surface area contributed by atoms with Gasteiger partial charge in [-0.2, -0.15) is 0 Å². The number of Topliss-reactive ketones (excluding diaryl/α,β-unsaturated/α-hetero) is 1. The highest BCUT2D eigenvalue weighted by Gasteiger charge is 2.35. The molecule has 0 spiro atoms. The molecule has 1 saturated heterocycles. The van der Waals surface area contributed by atoms with Crippen LogP contribution in [0.2, 0.25) is 0 Å². The van der Waals surface area contributed by atoms with Crippen molar-refractivity contribution in [3.05, 3.63) is 0 Å². The monoisotopic (exact) mass is 382 g/mol. The van der Waals surface area contributed by atoms with Gasteiger partial charge < -0.3 is 9.47 Å². The van der Waals surface area contributed by atoms with Gasteiger partial charge in [0.15, 0.2) is 5.79 Å². The summed E-state index contributed by atoms with van der Waals surface area (Å²) in [5.74, 6) is 0.148. The number of carbonyl (C=O) groups excluding carboxylic acids is 1. The van der Waals surface area contributed by atoms with Crippen molar-refractivity contribution in [3.8, 4) is 0 Å². The van der Waals surface area contributed by atoms with Crippen LogP contribution >= 0.6 is 0 Å².